The molecular weight excluding hydrogens is 222 g/mol. The van der Waals surface area contributed by atoms with Gasteiger partial charge in [0.25, 0.3) is 0 Å². The number of piperidine rings is 1. The van der Waals surface area contributed by atoms with Gasteiger partial charge in [-0.1, -0.05) is 6.42 Å². The number of hydrogen-bond acceptors (Lipinski definition) is 3. The van der Waals surface area contributed by atoms with Gasteiger partial charge in [0.15, 0.2) is 0 Å². The molecule has 2 rings (SSSR count). The number of nitrogens with zero attached hydrogens (tertiary/aromatic N) is 2. The summed E-state index contributed by atoms with van der Waals surface area (Å²) >= 11 is 0. The van der Waals surface area contributed by atoms with E-state index in [1.165, 1.54) is 58.2 Å². The van der Waals surface area contributed by atoms with Crippen LogP contribution in [-0.2, 0) is 0 Å². The summed E-state index contributed by atoms with van der Waals surface area (Å²) in [6, 6.07) is 1.62. The van der Waals surface area contributed by atoms with E-state index in [-0.39, 0.29) is 0 Å². The molecule has 1 N–H and O–H groups in total. The maximum atomic E-state index is 3.50. The molecule has 1 aliphatic carbocycles. The topological polar surface area (TPSA) is 18.5 Å². The molecule has 0 bridgehead atoms. The highest BCUT2D eigenvalue weighted by molar-refractivity contribution is 4.84. The first-order valence-corrected chi connectivity index (χ1v) is 7.76. The van der Waals surface area contributed by atoms with Crippen LogP contribution in [0.5, 0.6) is 0 Å². The minimum Gasteiger partial charge on any atom is -0.317 e. The van der Waals surface area contributed by atoms with Crippen LogP contribution in [0.2, 0.25) is 0 Å². The average molecular weight is 253 g/mol. The van der Waals surface area contributed by atoms with E-state index in [1.807, 2.05) is 0 Å². The van der Waals surface area contributed by atoms with Crippen molar-refractivity contribution in [2.45, 2.75) is 50.6 Å². The third-order valence-corrected chi connectivity index (χ3v) is 5.19. The first-order chi connectivity index (χ1) is 8.70. The van der Waals surface area contributed by atoms with Crippen LogP contribution >= 0.6 is 0 Å². The highest BCUT2D eigenvalue weighted by Gasteiger charge is 2.27. The van der Waals surface area contributed by atoms with Gasteiger partial charge in [0.1, 0.15) is 0 Å². The zero-order valence-corrected chi connectivity index (χ0v) is 12.5. The Labute approximate surface area is 113 Å². The van der Waals surface area contributed by atoms with Crippen molar-refractivity contribution in [3.8, 4) is 0 Å². The summed E-state index contributed by atoms with van der Waals surface area (Å²) in [7, 11) is 6.70. The van der Waals surface area contributed by atoms with Gasteiger partial charge in [-0.15, -0.1) is 0 Å². The predicted octanol–water partition coefficient (Wildman–Crippen LogP) is 1.79. The molecule has 3 heteroatoms. The van der Waals surface area contributed by atoms with Crippen LogP contribution in [0, 0.1) is 5.92 Å². The van der Waals surface area contributed by atoms with E-state index < -0.39 is 0 Å². The smallest absolute Gasteiger partial charge is 0.0117 e. The van der Waals surface area contributed by atoms with Gasteiger partial charge in [-0.05, 0) is 78.8 Å². The van der Waals surface area contributed by atoms with Gasteiger partial charge in [-0.3, -0.25) is 0 Å². The van der Waals surface area contributed by atoms with E-state index in [1.54, 1.807) is 0 Å². The lowest BCUT2D eigenvalue weighted by Gasteiger charge is -2.35. The monoisotopic (exact) mass is 253 g/mol. The van der Waals surface area contributed by atoms with Crippen molar-refractivity contribution in [3.05, 3.63) is 0 Å². The molecule has 2 unspecified atom stereocenters. The standard InChI is InChI=1S/C15H31N3/c1-16-15-6-4-5-13(15)7-12-18(3)14-8-10-17(2)11-9-14/h13-16H,4-12H2,1-3H3. The quantitative estimate of drug-likeness (QED) is 0.806. The molecule has 1 saturated carbocycles. The molecule has 18 heavy (non-hydrogen) atoms. The molecule has 2 fully saturated rings. The third-order valence-electron chi connectivity index (χ3n) is 5.19. The Balaban J connectivity index is 1.69. The molecule has 0 aromatic carbocycles. The van der Waals surface area contributed by atoms with Crippen LogP contribution in [0.1, 0.15) is 38.5 Å². The summed E-state index contributed by atoms with van der Waals surface area (Å²) in [5, 5.41) is 3.50. The van der Waals surface area contributed by atoms with Crippen molar-refractivity contribution in [2.75, 3.05) is 40.8 Å². The number of likely N-dealkylation sites (tertiary alicyclic amines) is 1. The third kappa shape index (κ3) is 3.69. The van der Waals surface area contributed by atoms with E-state index in [9.17, 15) is 0 Å². The van der Waals surface area contributed by atoms with Gasteiger partial charge in [-0.2, -0.15) is 0 Å². The molecule has 2 aliphatic rings. The maximum absolute atomic E-state index is 3.50. The van der Waals surface area contributed by atoms with Crippen LogP contribution in [-0.4, -0.2) is 62.7 Å². The molecular formula is C15H31N3. The van der Waals surface area contributed by atoms with Crippen molar-refractivity contribution >= 4 is 0 Å². The summed E-state index contributed by atoms with van der Waals surface area (Å²) < 4.78 is 0. The lowest BCUT2D eigenvalue weighted by molar-refractivity contribution is 0.137. The predicted molar refractivity (Wildman–Crippen MR) is 78.0 cm³/mol. The minimum atomic E-state index is 0.788. The van der Waals surface area contributed by atoms with Gasteiger partial charge in [0.05, 0.1) is 0 Å². The molecule has 106 valence electrons. The fourth-order valence-electron chi connectivity index (χ4n) is 3.75. The van der Waals surface area contributed by atoms with Crippen molar-refractivity contribution in [3.63, 3.8) is 0 Å². The molecule has 1 heterocycles. The van der Waals surface area contributed by atoms with E-state index in [0.717, 1.165) is 18.0 Å². The van der Waals surface area contributed by atoms with E-state index in [2.05, 4.69) is 36.3 Å². The SMILES string of the molecule is CNC1CCCC1CCN(C)C1CCN(C)CC1. The van der Waals surface area contributed by atoms with Gasteiger partial charge in [0.2, 0.25) is 0 Å². The van der Waals surface area contributed by atoms with E-state index in [4.69, 9.17) is 0 Å². The van der Waals surface area contributed by atoms with Crippen molar-refractivity contribution in [1.82, 2.24) is 15.1 Å². The fraction of sp³-hybridized carbons (Fsp3) is 1.00. The first-order valence-electron chi connectivity index (χ1n) is 7.76. The zero-order chi connectivity index (χ0) is 13.0. The molecule has 1 saturated heterocycles. The Hall–Kier alpha value is -0.120. The van der Waals surface area contributed by atoms with Gasteiger partial charge < -0.3 is 15.1 Å². The summed E-state index contributed by atoms with van der Waals surface area (Å²) in [5.41, 5.74) is 0. The summed E-state index contributed by atoms with van der Waals surface area (Å²) in [6.07, 6.45) is 8.34. The van der Waals surface area contributed by atoms with Crippen molar-refractivity contribution in [1.29, 1.82) is 0 Å². The molecule has 0 aromatic heterocycles. The first kappa shape index (κ1) is 14.3. The Morgan fingerprint density at radius 2 is 1.89 bits per heavy atom. The van der Waals surface area contributed by atoms with Crippen LogP contribution in [0.4, 0.5) is 0 Å². The highest BCUT2D eigenvalue weighted by atomic mass is 15.2. The minimum absolute atomic E-state index is 0.788. The van der Waals surface area contributed by atoms with Crippen LogP contribution < -0.4 is 5.32 Å². The Morgan fingerprint density at radius 3 is 2.56 bits per heavy atom. The number of hydrogen-bond donors (Lipinski definition) is 1. The van der Waals surface area contributed by atoms with Crippen molar-refractivity contribution in [2.24, 2.45) is 5.92 Å². The number of nitrogens with one attached hydrogen (secondary N) is 1. The second kappa shape index (κ2) is 6.88. The summed E-state index contributed by atoms with van der Waals surface area (Å²) in [4.78, 5) is 5.08. The van der Waals surface area contributed by atoms with E-state index in [0.29, 0.717) is 0 Å². The lowest BCUT2D eigenvalue weighted by atomic mass is 9.98. The molecule has 0 spiro atoms. The molecule has 0 amide bonds. The molecule has 1 aliphatic heterocycles. The van der Waals surface area contributed by atoms with Crippen LogP contribution in [0.3, 0.4) is 0 Å². The Bertz CT molecular complexity index is 236. The average Bonchev–Trinajstić information content (AvgIpc) is 2.84. The Kier molecular flexibility index (Phi) is 5.46. The largest absolute Gasteiger partial charge is 0.317 e. The Morgan fingerprint density at radius 1 is 1.17 bits per heavy atom. The molecule has 0 aromatic rings. The lowest BCUT2D eigenvalue weighted by Crippen LogP contribution is -2.43. The fourth-order valence-corrected chi connectivity index (χ4v) is 3.75. The molecule has 3 nitrogen and oxygen atoms in total. The van der Waals surface area contributed by atoms with Gasteiger partial charge in [0, 0.05) is 12.1 Å². The highest BCUT2D eigenvalue weighted by Crippen LogP contribution is 2.28. The van der Waals surface area contributed by atoms with Crippen LogP contribution in [0.15, 0.2) is 0 Å². The second-order valence-corrected chi connectivity index (χ2v) is 6.39. The summed E-state index contributed by atoms with van der Waals surface area (Å²) in [6.45, 7) is 3.84. The molecule has 0 radical (unpaired) electrons. The van der Waals surface area contributed by atoms with Gasteiger partial charge >= 0.3 is 0 Å². The van der Waals surface area contributed by atoms with E-state index >= 15 is 0 Å². The molecule has 2 atom stereocenters. The second-order valence-electron chi connectivity index (χ2n) is 6.39. The van der Waals surface area contributed by atoms with Crippen LogP contribution in [0.25, 0.3) is 0 Å². The normalized spacial score (nSPS) is 31.3. The summed E-state index contributed by atoms with van der Waals surface area (Å²) in [5.74, 6) is 0.920. The zero-order valence-electron chi connectivity index (χ0n) is 12.5. The van der Waals surface area contributed by atoms with Gasteiger partial charge in [-0.25, -0.2) is 0 Å². The maximum Gasteiger partial charge on any atom is 0.0117 e. The van der Waals surface area contributed by atoms with Crippen molar-refractivity contribution < 1.29 is 0 Å². The number of rotatable bonds is 5.